The van der Waals surface area contributed by atoms with Crippen molar-refractivity contribution < 1.29 is 18.3 Å². The number of rotatable bonds is 5. The summed E-state index contributed by atoms with van der Waals surface area (Å²) in [5.74, 6) is -0.140. The summed E-state index contributed by atoms with van der Waals surface area (Å²) in [6, 6.07) is 0. The van der Waals surface area contributed by atoms with E-state index >= 15 is 0 Å². The molecule has 5 nitrogen and oxygen atoms in total. The van der Waals surface area contributed by atoms with Crippen LogP contribution in [0.4, 0.5) is 0 Å². The Morgan fingerprint density at radius 3 is 2.89 bits per heavy atom. The summed E-state index contributed by atoms with van der Waals surface area (Å²) in [4.78, 5) is 10.8. The lowest BCUT2D eigenvalue weighted by Crippen LogP contribution is -2.30. The number of carbonyl (C=O) groups is 1. The van der Waals surface area contributed by atoms with Crippen LogP contribution in [0.1, 0.15) is 28.1 Å². The number of thioether (sulfide) groups is 1. The molecule has 1 unspecified atom stereocenters. The van der Waals surface area contributed by atoms with E-state index in [-0.39, 0.29) is 9.77 Å². The van der Waals surface area contributed by atoms with Gasteiger partial charge in [-0.05, 0) is 36.5 Å². The number of sulfonamides is 1. The number of hydrogen-bond acceptors (Lipinski definition) is 5. The Balaban J connectivity index is 2.19. The normalized spacial score (nSPS) is 19.7. The molecule has 2 N–H and O–H groups in total. The van der Waals surface area contributed by atoms with Gasteiger partial charge in [0.05, 0.1) is 0 Å². The highest BCUT2D eigenvalue weighted by molar-refractivity contribution is 8.00. The first-order valence-electron chi connectivity index (χ1n) is 5.84. The van der Waals surface area contributed by atoms with Gasteiger partial charge in [0.15, 0.2) is 0 Å². The number of thiophene rings is 1. The molecule has 0 aliphatic carbocycles. The lowest BCUT2D eigenvalue weighted by molar-refractivity contribution is 0.0698. The zero-order valence-corrected chi connectivity index (χ0v) is 12.8. The summed E-state index contributed by atoms with van der Waals surface area (Å²) < 4.78 is 27.0. The molecule has 1 aliphatic rings. The fourth-order valence-electron chi connectivity index (χ4n) is 2.00. The average molecular weight is 321 g/mol. The van der Waals surface area contributed by atoms with Crippen LogP contribution in [0.25, 0.3) is 0 Å². The van der Waals surface area contributed by atoms with Gasteiger partial charge < -0.3 is 5.11 Å². The Hall–Kier alpha value is -0.570. The molecule has 0 aromatic carbocycles. The molecule has 8 heteroatoms. The molecule has 1 aromatic heterocycles. The number of carboxylic acid groups (broad SMARTS) is 1. The van der Waals surface area contributed by atoms with Gasteiger partial charge in [0.1, 0.15) is 9.77 Å². The van der Waals surface area contributed by atoms with Crippen molar-refractivity contribution in [3.63, 3.8) is 0 Å². The van der Waals surface area contributed by atoms with Crippen molar-refractivity contribution >= 4 is 39.1 Å². The molecular weight excluding hydrogens is 306 g/mol. The van der Waals surface area contributed by atoms with E-state index < -0.39 is 16.0 Å². The number of hydrogen-bond donors (Lipinski definition) is 2. The highest BCUT2D eigenvalue weighted by Gasteiger charge is 2.27. The van der Waals surface area contributed by atoms with Gasteiger partial charge in [0.25, 0.3) is 0 Å². The first-order valence-corrected chi connectivity index (χ1v) is 9.25. The predicted octanol–water partition coefficient (Wildman–Crippen LogP) is 1.93. The van der Waals surface area contributed by atoms with Crippen LogP contribution in [-0.4, -0.2) is 37.0 Å². The molecule has 1 fully saturated rings. The van der Waals surface area contributed by atoms with Gasteiger partial charge in [-0.15, -0.1) is 11.3 Å². The fraction of sp³-hybridized carbons (Fsp3) is 0.545. The van der Waals surface area contributed by atoms with Gasteiger partial charge >= 0.3 is 5.97 Å². The van der Waals surface area contributed by atoms with E-state index in [1.807, 2.05) is 0 Å². The minimum absolute atomic E-state index is 0.0898. The van der Waals surface area contributed by atoms with Crippen molar-refractivity contribution in [3.8, 4) is 0 Å². The Morgan fingerprint density at radius 2 is 2.32 bits per heavy atom. The molecule has 0 radical (unpaired) electrons. The molecule has 0 spiro atoms. The summed E-state index contributed by atoms with van der Waals surface area (Å²) in [6.07, 6.45) is 2.11. The molecule has 1 aromatic rings. The van der Waals surface area contributed by atoms with Gasteiger partial charge in [0, 0.05) is 11.8 Å². The standard InChI is InChI=1S/C11H15NO4S3/c1-7-6-18-9(11(13)14)10(7)19(15,16)12-5-8-3-2-4-17-8/h6,8,12H,2-5H2,1H3,(H,13,14). The topological polar surface area (TPSA) is 83.5 Å². The van der Waals surface area contributed by atoms with Crippen LogP contribution in [-0.2, 0) is 10.0 Å². The van der Waals surface area contributed by atoms with Crippen LogP contribution in [0.5, 0.6) is 0 Å². The molecular formula is C11H15NO4S3. The van der Waals surface area contributed by atoms with Gasteiger partial charge in [-0.1, -0.05) is 0 Å². The van der Waals surface area contributed by atoms with Crippen molar-refractivity contribution in [2.75, 3.05) is 12.3 Å². The first kappa shape index (κ1) is 14.8. The third kappa shape index (κ3) is 3.31. The summed E-state index contributed by atoms with van der Waals surface area (Å²) in [6.45, 7) is 1.98. The summed E-state index contributed by atoms with van der Waals surface area (Å²) in [5.41, 5.74) is 0.481. The quantitative estimate of drug-likeness (QED) is 0.866. The summed E-state index contributed by atoms with van der Waals surface area (Å²) >= 11 is 2.70. The maximum Gasteiger partial charge on any atom is 0.347 e. The van der Waals surface area contributed by atoms with Gasteiger partial charge in [-0.3, -0.25) is 0 Å². The molecule has 2 heterocycles. The molecule has 0 bridgehead atoms. The van der Waals surface area contributed by atoms with Gasteiger partial charge in [-0.25, -0.2) is 17.9 Å². The second kappa shape index (κ2) is 5.82. The minimum Gasteiger partial charge on any atom is -0.477 e. The van der Waals surface area contributed by atoms with Crippen LogP contribution in [0.2, 0.25) is 0 Å². The maximum atomic E-state index is 12.2. The summed E-state index contributed by atoms with van der Waals surface area (Å²) in [5, 5.41) is 10.9. The summed E-state index contributed by atoms with van der Waals surface area (Å²) in [7, 11) is -3.74. The lowest BCUT2D eigenvalue weighted by atomic mass is 10.2. The van der Waals surface area contributed by atoms with Crippen molar-refractivity contribution in [3.05, 3.63) is 15.8 Å². The Morgan fingerprint density at radius 1 is 1.58 bits per heavy atom. The van der Waals surface area contributed by atoms with Gasteiger partial charge in [0.2, 0.25) is 10.0 Å². The van der Waals surface area contributed by atoms with E-state index in [4.69, 9.17) is 5.11 Å². The Bertz CT molecular complexity index is 573. The Kier molecular flexibility index (Phi) is 4.54. The van der Waals surface area contributed by atoms with Gasteiger partial charge in [-0.2, -0.15) is 11.8 Å². The lowest BCUT2D eigenvalue weighted by Gasteiger charge is -2.11. The van der Waals surface area contributed by atoms with E-state index in [2.05, 4.69) is 4.72 Å². The zero-order valence-electron chi connectivity index (χ0n) is 10.4. The van der Waals surface area contributed by atoms with Crippen molar-refractivity contribution in [1.29, 1.82) is 0 Å². The van der Waals surface area contributed by atoms with E-state index in [1.165, 1.54) is 0 Å². The number of aryl methyl sites for hydroxylation is 1. The predicted molar refractivity (Wildman–Crippen MR) is 76.7 cm³/mol. The molecule has 106 valence electrons. The second-order valence-electron chi connectivity index (χ2n) is 4.37. The number of carboxylic acids is 1. The van der Waals surface area contributed by atoms with Crippen LogP contribution in [0, 0.1) is 6.92 Å². The van der Waals surface area contributed by atoms with Crippen LogP contribution in [0.3, 0.4) is 0 Å². The largest absolute Gasteiger partial charge is 0.477 e. The Labute approximate surface area is 120 Å². The minimum atomic E-state index is -3.74. The van der Waals surface area contributed by atoms with E-state index in [0.717, 1.165) is 29.9 Å². The highest BCUT2D eigenvalue weighted by Crippen LogP contribution is 2.28. The molecule has 1 atom stereocenters. The fourth-order valence-corrected chi connectivity index (χ4v) is 6.01. The van der Waals surface area contributed by atoms with Crippen LogP contribution < -0.4 is 4.72 Å². The van der Waals surface area contributed by atoms with Crippen molar-refractivity contribution in [2.45, 2.75) is 29.9 Å². The first-order chi connectivity index (χ1) is 8.92. The maximum absolute atomic E-state index is 12.2. The number of nitrogens with one attached hydrogen (secondary N) is 1. The molecule has 19 heavy (non-hydrogen) atoms. The van der Waals surface area contributed by atoms with Crippen LogP contribution >= 0.6 is 23.1 Å². The molecule has 1 saturated heterocycles. The molecule has 2 rings (SSSR count). The monoisotopic (exact) mass is 321 g/mol. The molecule has 0 amide bonds. The smallest absolute Gasteiger partial charge is 0.347 e. The SMILES string of the molecule is Cc1csc(C(=O)O)c1S(=O)(=O)NCC1CCCS1. The molecule has 0 saturated carbocycles. The van der Waals surface area contributed by atoms with E-state index in [0.29, 0.717) is 17.4 Å². The third-order valence-corrected chi connectivity index (χ3v) is 7.13. The van der Waals surface area contributed by atoms with Crippen molar-refractivity contribution in [2.24, 2.45) is 0 Å². The van der Waals surface area contributed by atoms with E-state index in [9.17, 15) is 13.2 Å². The van der Waals surface area contributed by atoms with Crippen molar-refractivity contribution in [1.82, 2.24) is 4.72 Å². The second-order valence-corrected chi connectivity index (χ2v) is 8.36. The zero-order chi connectivity index (χ0) is 14.0. The molecule has 1 aliphatic heterocycles. The highest BCUT2D eigenvalue weighted by atomic mass is 32.2. The number of aromatic carboxylic acids is 1. The van der Waals surface area contributed by atoms with Crippen LogP contribution in [0.15, 0.2) is 10.3 Å². The third-order valence-electron chi connectivity index (χ3n) is 2.91. The van der Waals surface area contributed by atoms with E-state index in [1.54, 1.807) is 24.1 Å². The average Bonchev–Trinajstić information content (AvgIpc) is 2.95.